The van der Waals surface area contributed by atoms with Gasteiger partial charge in [0.1, 0.15) is 11.6 Å². The van der Waals surface area contributed by atoms with Gasteiger partial charge in [-0.2, -0.15) is 0 Å². The molecule has 0 aromatic carbocycles. The van der Waals surface area contributed by atoms with E-state index >= 15 is 0 Å². The van der Waals surface area contributed by atoms with Crippen LogP contribution in [0.3, 0.4) is 0 Å². The Kier molecular flexibility index (Phi) is 7.54. The minimum atomic E-state index is 0.577. The number of ether oxygens (including phenoxy) is 1. The van der Waals surface area contributed by atoms with E-state index in [1.54, 1.807) is 0 Å². The first kappa shape index (κ1) is 17.4. The summed E-state index contributed by atoms with van der Waals surface area (Å²) < 4.78 is 5.74. The lowest BCUT2D eigenvalue weighted by Gasteiger charge is -2.34. The van der Waals surface area contributed by atoms with Gasteiger partial charge in [0.15, 0.2) is 0 Å². The molecule has 1 fully saturated rings. The summed E-state index contributed by atoms with van der Waals surface area (Å²) >= 11 is 0. The second-order valence-electron chi connectivity index (χ2n) is 6.11. The molecule has 1 atom stereocenters. The number of nitrogens with zero attached hydrogens (tertiary/aromatic N) is 5. The van der Waals surface area contributed by atoms with Gasteiger partial charge in [-0.05, 0) is 56.7 Å². The fourth-order valence-electron chi connectivity index (χ4n) is 2.94. The Bertz CT molecular complexity index is 498. The lowest BCUT2D eigenvalue weighted by molar-refractivity contribution is 0.303. The van der Waals surface area contributed by atoms with Gasteiger partial charge < -0.3 is 9.64 Å². The Hall–Kier alpha value is -1.94. The molecule has 1 aliphatic rings. The van der Waals surface area contributed by atoms with Gasteiger partial charge in [0.2, 0.25) is 0 Å². The molecule has 126 valence electrons. The SMILES string of the molecule is CC1CCCCN1c1ccc(OCCCCCCN=[N+]=[N-])cn1. The van der Waals surface area contributed by atoms with E-state index in [1.807, 2.05) is 12.3 Å². The van der Waals surface area contributed by atoms with Gasteiger partial charge in [0, 0.05) is 24.0 Å². The molecular formula is C17H27N5O. The van der Waals surface area contributed by atoms with E-state index in [0.29, 0.717) is 19.2 Å². The van der Waals surface area contributed by atoms with Crippen molar-refractivity contribution < 1.29 is 4.74 Å². The number of azide groups is 1. The summed E-state index contributed by atoms with van der Waals surface area (Å²) in [7, 11) is 0. The highest BCUT2D eigenvalue weighted by molar-refractivity contribution is 5.42. The summed E-state index contributed by atoms with van der Waals surface area (Å²) in [4.78, 5) is 9.69. The Morgan fingerprint density at radius 2 is 2.17 bits per heavy atom. The predicted octanol–water partition coefficient (Wildman–Crippen LogP) is 4.71. The highest BCUT2D eigenvalue weighted by atomic mass is 16.5. The summed E-state index contributed by atoms with van der Waals surface area (Å²) in [5, 5.41) is 3.53. The fraction of sp³-hybridized carbons (Fsp3) is 0.706. The first-order chi connectivity index (χ1) is 11.3. The first-order valence-corrected chi connectivity index (χ1v) is 8.67. The van der Waals surface area contributed by atoms with Crippen LogP contribution in [0.15, 0.2) is 23.4 Å². The second-order valence-corrected chi connectivity index (χ2v) is 6.11. The number of piperidine rings is 1. The van der Waals surface area contributed by atoms with Gasteiger partial charge in [0.05, 0.1) is 12.8 Å². The standard InChI is InChI=1S/C17H27N5O/c1-15-8-4-6-12-22(15)17-10-9-16(14-19-17)23-13-7-3-2-5-11-20-21-18/h9-10,14-15H,2-8,11-13H2,1H3. The maximum absolute atomic E-state index is 8.18. The van der Waals surface area contributed by atoms with Crippen LogP contribution in [0.1, 0.15) is 51.9 Å². The van der Waals surface area contributed by atoms with Crippen LogP contribution >= 0.6 is 0 Å². The first-order valence-electron chi connectivity index (χ1n) is 8.67. The maximum atomic E-state index is 8.18. The summed E-state index contributed by atoms with van der Waals surface area (Å²) in [6, 6.07) is 4.66. The van der Waals surface area contributed by atoms with Crippen molar-refractivity contribution in [1.82, 2.24) is 4.98 Å². The molecule has 2 rings (SSSR count). The van der Waals surface area contributed by atoms with Crippen molar-refractivity contribution >= 4 is 5.82 Å². The van der Waals surface area contributed by atoms with E-state index in [9.17, 15) is 0 Å². The Morgan fingerprint density at radius 3 is 2.91 bits per heavy atom. The minimum Gasteiger partial charge on any atom is -0.492 e. The van der Waals surface area contributed by atoms with Crippen molar-refractivity contribution in [3.8, 4) is 5.75 Å². The van der Waals surface area contributed by atoms with Crippen LogP contribution in [-0.2, 0) is 0 Å². The Labute approximate surface area is 138 Å². The topological polar surface area (TPSA) is 74.1 Å². The third-order valence-electron chi connectivity index (χ3n) is 4.30. The van der Waals surface area contributed by atoms with Crippen LogP contribution in [0.5, 0.6) is 5.75 Å². The predicted molar refractivity (Wildman–Crippen MR) is 92.9 cm³/mol. The molecule has 23 heavy (non-hydrogen) atoms. The van der Waals surface area contributed by atoms with Gasteiger partial charge >= 0.3 is 0 Å². The summed E-state index contributed by atoms with van der Waals surface area (Å²) in [5.41, 5.74) is 8.18. The van der Waals surface area contributed by atoms with Crippen molar-refractivity contribution in [1.29, 1.82) is 0 Å². The lowest BCUT2D eigenvalue weighted by atomic mass is 10.0. The monoisotopic (exact) mass is 317 g/mol. The number of anilines is 1. The van der Waals surface area contributed by atoms with Gasteiger partial charge in [0.25, 0.3) is 0 Å². The molecule has 0 spiro atoms. The van der Waals surface area contributed by atoms with E-state index < -0.39 is 0 Å². The van der Waals surface area contributed by atoms with Crippen LogP contribution in [0.4, 0.5) is 5.82 Å². The van der Waals surface area contributed by atoms with Crippen molar-refractivity contribution in [3.63, 3.8) is 0 Å². The molecule has 6 nitrogen and oxygen atoms in total. The Morgan fingerprint density at radius 1 is 1.30 bits per heavy atom. The zero-order valence-corrected chi connectivity index (χ0v) is 14.0. The smallest absolute Gasteiger partial charge is 0.137 e. The summed E-state index contributed by atoms with van der Waals surface area (Å²) in [6.45, 7) is 4.68. The molecule has 0 radical (unpaired) electrons. The van der Waals surface area contributed by atoms with Crippen molar-refractivity contribution in [2.75, 3.05) is 24.6 Å². The molecule has 0 N–H and O–H groups in total. The number of rotatable bonds is 9. The molecule has 0 saturated carbocycles. The molecule has 1 aliphatic heterocycles. The van der Waals surface area contributed by atoms with E-state index in [2.05, 4.69) is 32.9 Å². The molecule has 0 aliphatic carbocycles. The van der Waals surface area contributed by atoms with Gasteiger partial charge in [-0.25, -0.2) is 4.98 Å². The molecule has 6 heteroatoms. The quantitative estimate of drug-likeness (QED) is 0.286. The Balaban J connectivity index is 1.66. The summed E-state index contributed by atoms with van der Waals surface area (Å²) in [6.07, 6.45) is 9.79. The van der Waals surface area contributed by atoms with Crippen LogP contribution in [0, 0.1) is 0 Å². The minimum absolute atomic E-state index is 0.577. The number of pyridine rings is 1. The second kappa shape index (κ2) is 9.95. The highest BCUT2D eigenvalue weighted by Crippen LogP contribution is 2.24. The van der Waals surface area contributed by atoms with E-state index in [4.69, 9.17) is 10.3 Å². The molecule has 2 heterocycles. The van der Waals surface area contributed by atoms with Crippen LogP contribution < -0.4 is 9.64 Å². The number of hydrogen-bond donors (Lipinski definition) is 0. The van der Waals surface area contributed by atoms with E-state index in [1.165, 1.54) is 19.3 Å². The number of aromatic nitrogens is 1. The average molecular weight is 317 g/mol. The zero-order chi connectivity index (χ0) is 16.3. The van der Waals surface area contributed by atoms with Crippen LogP contribution in [0.25, 0.3) is 10.4 Å². The number of hydrogen-bond acceptors (Lipinski definition) is 4. The van der Waals surface area contributed by atoms with E-state index in [0.717, 1.165) is 43.8 Å². The number of unbranched alkanes of at least 4 members (excludes halogenated alkanes) is 3. The van der Waals surface area contributed by atoms with Crippen LogP contribution in [-0.4, -0.2) is 30.7 Å². The largest absolute Gasteiger partial charge is 0.492 e. The van der Waals surface area contributed by atoms with Crippen molar-refractivity contribution in [2.24, 2.45) is 5.11 Å². The van der Waals surface area contributed by atoms with E-state index in [-0.39, 0.29) is 0 Å². The third-order valence-corrected chi connectivity index (χ3v) is 4.30. The van der Waals surface area contributed by atoms with Crippen molar-refractivity contribution in [3.05, 3.63) is 28.8 Å². The maximum Gasteiger partial charge on any atom is 0.137 e. The van der Waals surface area contributed by atoms with Gasteiger partial charge in [-0.1, -0.05) is 18.0 Å². The van der Waals surface area contributed by atoms with Crippen LogP contribution in [0.2, 0.25) is 0 Å². The van der Waals surface area contributed by atoms with Crippen molar-refractivity contribution in [2.45, 2.75) is 57.9 Å². The lowest BCUT2D eigenvalue weighted by Crippen LogP contribution is -2.37. The fourth-order valence-corrected chi connectivity index (χ4v) is 2.94. The third kappa shape index (κ3) is 5.99. The molecule has 1 aromatic heterocycles. The zero-order valence-electron chi connectivity index (χ0n) is 14.0. The molecule has 1 unspecified atom stereocenters. The molecule has 1 aromatic rings. The molecule has 0 amide bonds. The molecule has 0 bridgehead atoms. The molecule has 1 saturated heterocycles. The average Bonchev–Trinajstić information content (AvgIpc) is 2.58. The molecular weight excluding hydrogens is 290 g/mol. The summed E-state index contributed by atoms with van der Waals surface area (Å²) in [5.74, 6) is 1.90. The normalized spacial score (nSPS) is 17.6. The van der Waals surface area contributed by atoms with Gasteiger partial charge in [-0.15, -0.1) is 0 Å². The highest BCUT2D eigenvalue weighted by Gasteiger charge is 2.19. The van der Waals surface area contributed by atoms with Gasteiger partial charge in [-0.3, -0.25) is 0 Å².